The quantitative estimate of drug-likeness (QED) is 0.138. The van der Waals surface area contributed by atoms with Gasteiger partial charge in [-0.2, -0.15) is 0 Å². The van der Waals surface area contributed by atoms with Crippen LogP contribution in [0.1, 0.15) is 10.4 Å². The monoisotopic (exact) mass is 482 g/mol. The van der Waals surface area contributed by atoms with Crippen molar-refractivity contribution in [2.75, 3.05) is 29.7 Å². The van der Waals surface area contributed by atoms with Gasteiger partial charge in [-0.25, -0.2) is 19.8 Å². The maximum absolute atomic E-state index is 13.5. The highest BCUT2D eigenvalue weighted by atomic mass is 35.5. The highest BCUT2D eigenvalue weighted by Gasteiger charge is 2.12. The summed E-state index contributed by atoms with van der Waals surface area (Å²) in [6.45, 7) is 0.345. The first-order valence-electron chi connectivity index (χ1n) is 10.1. The summed E-state index contributed by atoms with van der Waals surface area (Å²) in [7, 11) is 1.56. The number of benzene rings is 3. The maximum atomic E-state index is 13.5. The first-order valence-corrected chi connectivity index (χ1v) is 10.4. The lowest BCUT2D eigenvalue weighted by Crippen LogP contribution is -2.18. The van der Waals surface area contributed by atoms with Crippen LogP contribution < -0.4 is 26.2 Å². The van der Waals surface area contributed by atoms with Gasteiger partial charge in [0.1, 0.15) is 23.7 Å². The molecule has 0 aliphatic rings. The summed E-state index contributed by atoms with van der Waals surface area (Å²) in [5, 5.41) is 19.0. The number of halogens is 2. The molecule has 1 aromatic heterocycles. The molecule has 9 nitrogen and oxygen atoms in total. The molecule has 1 heterocycles. The van der Waals surface area contributed by atoms with Gasteiger partial charge in [0.2, 0.25) is 0 Å². The summed E-state index contributed by atoms with van der Waals surface area (Å²) < 4.78 is 19.0. The third-order valence-corrected chi connectivity index (χ3v) is 5.25. The van der Waals surface area contributed by atoms with Crippen molar-refractivity contribution in [3.8, 4) is 5.75 Å². The second kappa shape index (κ2) is 10.2. The molecule has 0 bridgehead atoms. The van der Waals surface area contributed by atoms with Crippen LogP contribution in [0.3, 0.4) is 0 Å². The Morgan fingerprint density at radius 2 is 1.82 bits per heavy atom. The Balaban J connectivity index is 1.54. The zero-order chi connectivity index (χ0) is 24.1. The highest BCUT2D eigenvalue weighted by molar-refractivity contribution is 6.31. The van der Waals surface area contributed by atoms with Crippen molar-refractivity contribution in [2.45, 2.75) is 0 Å². The van der Waals surface area contributed by atoms with Gasteiger partial charge in [0.15, 0.2) is 0 Å². The molecule has 0 atom stereocenters. The summed E-state index contributed by atoms with van der Waals surface area (Å²) in [4.78, 5) is 20.1. The van der Waals surface area contributed by atoms with E-state index in [1.54, 1.807) is 49.0 Å². The van der Waals surface area contributed by atoms with Crippen molar-refractivity contribution in [3.63, 3.8) is 0 Å². The molecule has 0 aliphatic heterocycles. The molecule has 4 rings (SSSR count). The Bertz CT molecular complexity index is 1340. The van der Waals surface area contributed by atoms with Crippen LogP contribution in [0.15, 0.2) is 60.9 Å². The largest absolute Gasteiger partial charge is 0.495 e. The Morgan fingerprint density at radius 1 is 1.06 bits per heavy atom. The first kappa shape index (κ1) is 23.0. The molecule has 1 amide bonds. The molecule has 0 fully saturated rings. The van der Waals surface area contributed by atoms with E-state index in [4.69, 9.17) is 21.5 Å². The van der Waals surface area contributed by atoms with Crippen LogP contribution in [0.4, 0.5) is 27.3 Å². The van der Waals surface area contributed by atoms with Gasteiger partial charge in [0.05, 0.1) is 30.0 Å². The molecule has 0 unspecified atom stereocenters. The number of amides is 1. The predicted molar refractivity (Wildman–Crippen MR) is 129 cm³/mol. The van der Waals surface area contributed by atoms with E-state index in [1.165, 1.54) is 18.5 Å². The Morgan fingerprint density at radius 3 is 2.53 bits per heavy atom. The molecular weight excluding hydrogens is 463 g/mol. The molecule has 5 N–H and O–H groups in total. The normalized spacial score (nSPS) is 10.6. The van der Waals surface area contributed by atoms with E-state index in [0.717, 1.165) is 5.69 Å². The number of ether oxygens (including phenoxy) is 1. The average Bonchev–Trinajstić information content (AvgIpc) is 2.86. The molecule has 174 valence electrons. The van der Waals surface area contributed by atoms with Crippen LogP contribution >= 0.6 is 11.6 Å². The summed E-state index contributed by atoms with van der Waals surface area (Å²) in [5.41, 5.74) is 4.61. The number of rotatable bonds is 8. The van der Waals surface area contributed by atoms with Gasteiger partial charge in [0.25, 0.3) is 5.91 Å². The number of nitrogens with zero attached hydrogens (tertiary/aromatic N) is 2. The second-order valence-electron chi connectivity index (χ2n) is 7.09. The van der Waals surface area contributed by atoms with E-state index in [9.17, 15) is 9.18 Å². The number of anilines is 4. The summed E-state index contributed by atoms with van der Waals surface area (Å²) in [6, 6.07) is 14.6. The van der Waals surface area contributed by atoms with Gasteiger partial charge >= 0.3 is 0 Å². The molecule has 11 heteroatoms. The van der Waals surface area contributed by atoms with Crippen molar-refractivity contribution in [3.05, 3.63) is 77.3 Å². The number of methoxy groups -OCH3 is 1. The van der Waals surface area contributed by atoms with E-state index in [-0.39, 0.29) is 5.02 Å². The fourth-order valence-electron chi connectivity index (χ4n) is 3.25. The Kier molecular flexibility index (Phi) is 6.90. The third-order valence-electron chi connectivity index (χ3n) is 4.96. The lowest BCUT2D eigenvalue weighted by molar-refractivity contribution is 0.0706. The Hall–Kier alpha value is -4.15. The summed E-state index contributed by atoms with van der Waals surface area (Å²) >= 11 is 5.89. The van der Waals surface area contributed by atoms with E-state index >= 15 is 0 Å². The van der Waals surface area contributed by atoms with Crippen molar-refractivity contribution >= 4 is 51.3 Å². The zero-order valence-electron chi connectivity index (χ0n) is 17.9. The topological polar surface area (TPSA) is 120 Å². The summed E-state index contributed by atoms with van der Waals surface area (Å²) in [5.74, 6) is 0.0118. The van der Waals surface area contributed by atoms with Gasteiger partial charge in [-0.1, -0.05) is 11.6 Å². The highest BCUT2D eigenvalue weighted by Crippen LogP contribution is 2.33. The van der Waals surface area contributed by atoms with Crippen molar-refractivity contribution in [2.24, 2.45) is 0 Å². The molecule has 0 aliphatic carbocycles. The SMILES string of the molecule is COc1cc2ncnc(Nc3ccc(F)c(Cl)c3)c2cc1NCNc1ccc(C(=O)NO)cc1. The number of carbonyl (C=O) groups excluding carboxylic acids is 1. The van der Waals surface area contributed by atoms with Crippen LogP contribution in [0.5, 0.6) is 5.75 Å². The second-order valence-corrected chi connectivity index (χ2v) is 7.50. The molecule has 4 aromatic rings. The molecule has 0 saturated heterocycles. The third kappa shape index (κ3) is 5.08. The number of hydroxylamine groups is 1. The molecule has 3 aromatic carbocycles. The van der Waals surface area contributed by atoms with Gasteiger partial charge in [-0.3, -0.25) is 10.0 Å². The minimum Gasteiger partial charge on any atom is -0.495 e. The van der Waals surface area contributed by atoms with Crippen LogP contribution in [-0.4, -0.2) is 34.9 Å². The maximum Gasteiger partial charge on any atom is 0.274 e. The number of carbonyl (C=O) groups is 1. The number of hydrogen-bond donors (Lipinski definition) is 5. The van der Waals surface area contributed by atoms with E-state index in [0.29, 0.717) is 46.1 Å². The zero-order valence-corrected chi connectivity index (χ0v) is 18.7. The lowest BCUT2D eigenvalue weighted by atomic mass is 10.2. The van der Waals surface area contributed by atoms with E-state index in [1.807, 2.05) is 6.07 Å². The number of aromatic nitrogens is 2. The number of nitrogens with one attached hydrogen (secondary N) is 4. The van der Waals surface area contributed by atoms with Crippen LogP contribution in [0, 0.1) is 5.82 Å². The van der Waals surface area contributed by atoms with Crippen LogP contribution in [0.2, 0.25) is 5.02 Å². The van der Waals surface area contributed by atoms with Crippen molar-refractivity contribution in [1.82, 2.24) is 15.4 Å². The van der Waals surface area contributed by atoms with Crippen LogP contribution in [0.25, 0.3) is 10.9 Å². The molecule has 0 spiro atoms. The standard InChI is InChI=1S/C23H20ClFN6O3/c1-34-21-10-19-16(22(29-12-27-19)30-15-6-7-18(25)17(24)8-15)9-20(21)28-11-26-14-4-2-13(3-5-14)23(32)31-33/h2-10,12,26,28,33H,11H2,1H3,(H,31,32)(H,27,29,30). The van der Waals surface area contributed by atoms with Gasteiger partial charge < -0.3 is 20.7 Å². The van der Waals surface area contributed by atoms with Crippen LogP contribution in [-0.2, 0) is 0 Å². The van der Waals surface area contributed by atoms with Crippen molar-refractivity contribution in [1.29, 1.82) is 0 Å². The summed E-state index contributed by atoms with van der Waals surface area (Å²) in [6.07, 6.45) is 1.42. The molecular formula is C23H20ClFN6O3. The van der Waals surface area contributed by atoms with Gasteiger partial charge in [-0.05, 0) is 48.5 Å². The minimum absolute atomic E-state index is 0.00323. The number of fused-ring (bicyclic) bond motifs is 1. The first-order chi connectivity index (χ1) is 16.5. The van der Waals surface area contributed by atoms with Gasteiger partial charge in [0, 0.05) is 28.4 Å². The Labute approximate surface area is 198 Å². The van der Waals surface area contributed by atoms with E-state index in [2.05, 4.69) is 25.9 Å². The van der Waals surface area contributed by atoms with Crippen molar-refractivity contribution < 1.29 is 19.1 Å². The fraction of sp³-hybridized carbons (Fsp3) is 0.0870. The molecule has 0 saturated carbocycles. The smallest absolute Gasteiger partial charge is 0.274 e. The molecule has 34 heavy (non-hydrogen) atoms. The molecule has 0 radical (unpaired) electrons. The fourth-order valence-corrected chi connectivity index (χ4v) is 3.43. The lowest BCUT2D eigenvalue weighted by Gasteiger charge is -2.15. The minimum atomic E-state index is -0.583. The van der Waals surface area contributed by atoms with E-state index < -0.39 is 11.7 Å². The number of hydrogen-bond acceptors (Lipinski definition) is 8. The predicted octanol–water partition coefficient (Wildman–Crippen LogP) is 4.78. The van der Waals surface area contributed by atoms with Gasteiger partial charge in [-0.15, -0.1) is 0 Å². The average molecular weight is 483 g/mol.